The van der Waals surface area contributed by atoms with Crippen molar-refractivity contribution in [3.63, 3.8) is 0 Å². The van der Waals surface area contributed by atoms with Crippen molar-refractivity contribution in [2.45, 2.75) is 19.9 Å². The first-order valence-corrected chi connectivity index (χ1v) is 5.56. The van der Waals surface area contributed by atoms with Crippen LogP contribution in [0.5, 0.6) is 0 Å². The highest BCUT2D eigenvalue weighted by molar-refractivity contribution is 7.18. The molecule has 74 valence electrons. The lowest BCUT2D eigenvalue weighted by Gasteiger charge is -2.03. The van der Waals surface area contributed by atoms with Gasteiger partial charge in [-0.2, -0.15) is 0 Å². The summed E-state index contributed by atoms with van der Waals surface area (Å²) in [6, 6.07) is 6.73. The molecule has 1 unspecified atom stereocenters. The third kappa shape index (κ3) is 1.65. The number of hydrogen-bond donors (Lipinski definition) is 1. The molecule has 1 aromatic heterocycles. The third-order valence-corrected chi connectivity index (χ3v) is 3.56. The molecule has 0 spiro atoms. The van der Waals surface area contributed by atoms with Crippen LogP contribution in [-0.4, -0.2) is 12.0 Å². The Morgan fingerprint density at radius 2 is 2.21 bits per heavy atom. The molecule has 1 N–H and O–H groups in total. The normalized spacial score (nSPS) is 13.4. The van der Waals surface area contributed by atoms with Crippen molar-refractivity contribution in [1.29, 1.82) is 0 Å². The van der Waals surface area contributed by atoms with Crippen LogP contribution in [0.1, 0.15) is 23.5 Å². The standard InChI is InChI=1S/C11H14N2S/c1-7-4-5-9-10(6-7)14-11(13-9)8(2)12-3/h4-6,8,12H,1-3H3. The minimum Gasteiger partial charge on any atom is -0.311 e. The highest BCUT2D eigenvalue weighted by atomic mass is 32.1. The molecule has 0 amide bonds. The molecule has 1 atom stereocenters. The van der Waals surface area contributed by atoms with Crippen molar-refractivity contribution >= 4 is 21.6 Å². The van der Waals surface area contributed by atoms with Gasteiger partial charge in [-0.1, -0.05) is 6.07 Å². The second-order valence-corrected chi connectivity index (χ2v) is 4.60. The molecule has 0 radical (unpaired) electrons. The first-order valence-electron chi connectivity index (χ1n) is 4.75. The van der Waals surface area contributed by atoms with E-state index >= 15 is 0 Å². The van der Waals surface area contributed by atoms with Crippen LogP contribution in [0.4, 0.5) is 0 Å². The Bertz CT molecular complexity index is 447. The van der Waals surface area contributed by atoms with E-state index in [9.17, 15) is 0 Å². The second kappa shape index (κ2) is 3.67. The van der Waals surface area contributed by atoms with Gasteiger partial charge in [-0.3, -0.25) is 0 Å². The van der Waals surface area contributed by atoms with Crippen molar-refractivity contribution < 1.29 is 0 Å². The van der Waals surface area contributed by atoms with E-state index < -0.39 is 0 Å². The van der Waals surface area contributed by atoms with Crippen molar-refractivity contribution in [2.75, 3.05) is 7.05 Å². The third-order valence-electron chi connectivity index (χ3n) is 2.36. The fourth-order valence-corrected chi connectivity index (χ4v) is 2.49. The number of hydrogen-bond acceptors (Lipinski definition) is 3. The molecule has 0 saturated carbocycles. The van der Waals surface area contributed by atoms with Gasteiger partial charge in [0, 0.05) is 0 Å². The number of nitrogens with one attached hydrogen (secondary N) is 1. The lowest BCUT2D eigenvalue weighted by atomic mass is 10.2. The van der Waals surface area contributed by atoms with Gasteiger partial charge in [0.25, 0.3) is 0 Å². The van der Waals surface area contributed by atoms with Gasteiger partial charge in [-0.25, -0.2) is 4.98 Å². The molecule has 0 bridgehead atoms. The fourth-order valence-electron chi connectivity index (χ4n) is 1.36. The lowest BCUT2D eigenvalue weighted by molar-refractivity contribution is 0.649. The van der Waals surface area contributed by atoms with E-state index in [-0.39, 0.29) is 0 Å². The largest absolute Gasteiger partial charge is 0.311 e. The molecule has 2 nitrogen and oxygen atoms in total. The highest BCUT2D eigenvalue weighted by Gasteiger charge is 2.08. The van der Waals surface area contributed by atoms with Crippen LogP contribution in [0.25, 0.3) is 10.2 Å². The second-order valence-electron chi connectivity index (χ2n) is 3.53. The molecule has 1 heterocycles. The van der Waals surface area contributed by atoms with Crippen molar-refractivity contribution in [1.82, 2.24) is 10.3 Å². The van der Waals surface area contributed by atoms with Crippen molar-refractivity contribution in [3.8, 4) is 0 Å². The lowest BCUT2D eigenvalue weighted by Crippen LogP contribution is -2.11. The van der Waals surface area contributed by atoms with Crippen LogP contribution < -0.4 is 5.32 Å². The van der Waals surface area contributed by atoms with Crippen molar-refractivity contribution in [3.05, 3.63) is 28.8 Å². The van der Waals surface area contributed by atoms with Gasteiger partial charge in [0.15, 0.2) is 0 Å². The number of aromatic nitrogens is 1. The van der Waals surface area contributed by atoms with Crippen LogP contribution in [0.2, 0.25) is 0 Å². The maximum absolute atomic E-state index is 4.58. The maximum Gasteiger partial charge on any atom is 0.111 e. The van der Waals surface area contributed by atoms with E-state index in [1.54, 1.807) is 11.3 Å². The van der Waals surface area contributed by atoms with Gasteiger partial charge in [-0.15, -0.1) is 11.3 Å². The van der Waals surface area contributed by atoms with Gasteiger partial charge >= 0.3 is 0 Å². The topological polar surface area (TPSA) is 24.9 Å². The van der Waals surface area contributed by atoms with Gasteiger partial charge in [0.2, 0.25) is 0 Å². The van der Waals surface area contributed by atoms with Crippen LogP contribution in [-0.2, 0) is 0 Å². The number of nitrogens with zero attached hydrogens (tertiary/aromatic N) is 1. The minimum atomic E-state index is 0.340. The number of fused-ring (bicyclic) bond motifs is 1. The van der Waals surface area contributed by atoms with E-state index in [2.05, 4.69) is 42.3 Å². The van der Waals surface area contributed by atoms with Gasteiger partial charge in [-0.05, 0) is 38.6 Å². The summed E-state index contributed by atoms with van der Waals surface area (Å²) < 4.78 is 1.28. The fraction of sp³-hybridized carbons (Fsp3) is 0.364. The Hall–Kier alpha value is -0.930. The molecule has 0 aliphatic carbocycles. The summed E-state index contributed by atoms with van der Waals surface area (Å²) in [6.07, 6.45) is 0. The van der Waals surface area contributed by atoms with Crippen LogP contribution >= 0.6 is 11.3 Å². The number of thiazole rings is 1. The summed E-state index contributed by atoms with van der Waals surface area (Å²) in [5.74, 6) is 0. The summed E-state index contributed by atoms with van der Waals surface area (Å²) in [6.45, 7) is 4.24. The Balaban J connectivity index is 2.51. The van der Waals surface area contributed by atoms with Gasteiger partial charge in [0.05, 0.1) is 16.3 Å². The van der Waals surface area contributed by atoms with E-state index in [0.29, 0.717) is 6.04 Å². The SMILES string of the molecule is CNC(C)c1nc2ccc(C)cc2s1. The number of rotatable bonds is 2. The molecule has 14 heavy (non-hydrogen) atoms. The van der Waals surface area contributed by atoms with E-state index in [0.717, 1.165) is 10.5 Å². The quantitative estimate of drug-likeness (QED) is 0.817. The van der Waals surface area contributed by atoms with Crippen LogP contribution in [0.3, 0.4) is 0 Å². The molecular formula is C11H14N2S. The number of aryl methyl sites for hydroxylation is 1. The van der Waals surface area contributed by atoms with Crippen LogP contribution in [0, 0.1) is 6.92 Å². The smallest absolute Gasteiger partial charge is 0.111 e. The summed E-state index contributed by atoms with van der Waals surface area (Å²) in [5, 5.41) is 4.36. The first kappa shape index (κ1) is 9.62. The predicted octanol–water partition coefficient (Wildman–Crippen LogP) is 2.89. The molecule has 3 heteroatoms. The molecular weight excluding hydrogens is 192 g/mol. The van der Waals surface area contributed by atoms with E-state index in [4.69, 9.17) is 0 Å². The van der Waals surface area contributed by atoms with Crippen LogP contribution in [0.15, 0.2) is 18.2 Å². The minimum absolute atomic E-state index is 0.340. The monoisotopic (exact) mass is 206 g/mol. The maximum atomic E-state index is 4.58. The average Bonchev–Trinajstić information content (AvgIpc) is 2.59. The summed E-state index contributed by atoms with van der Waals surface area (Å²) in [5.41, 5.74) is 2.41. The molecule has 0 aliphatic heterocycles. The molecule has 2 aromatic rings. The molecule has 0 fully saturated rings. The predicted molar refractivity (Wildman–Crippen MR) is 61.8 cm³/mol. The Kier molecular flexibility index (Phi) is 2.52. The zero-order chi connectivity index (χ0) is 10.1. The molecule has 0 aliphatic rings. The van der Waals surface area contributed by atoms with Gasteiger partial charge in [0.1, 0.15) is 5.01 Å². The Morgan fingerprint density at radius 3 is 2.93 bits per heavy atom. The first-order chi connectivity index (χ1) is 6.70. The zero-order valence-corrected chi connectivity index (χ0v) is 9.48. The average molecular weight is 206 g/mol. The Labute approximate surface area is 88.0 Å². The zero-order valence-electron chi connectivity index (χ0n) is 8.66. The van der Waals surface area contributed by atoms with E-state index in [1.807, 2.05) is 7.05 Å². The summed E-state index contributed by atoms with van der Waals surface area (Å²) in [7, 11) is 1.96. The Morgan fingerprint density at radius 1 is 1.43 bits per heavy atom. The van der Waals surface area contributed by atoms with E-state index in [1.165, 1.54) is 10.3 Å². The number of benzene rings is 1. The summed E-state index contributed by atoms with van der Waals surface area (Å²) >= 11 is 1.77. The molecule has 2 rings (SSSR count). The summed E-state index contributed by atoms with van der Waals surface area (Å²) in [4.78, 5) is 4.58. The highest BCUT2D eigenvalue weighted by Crippen LogP contribution is 2.26. The molecule has 1 aromatic carbocycles. The molecule has 0 saturated heterocycles. The van der Waals surface area contributed by atoms with Gasteiger partial charge < -0.3 is 5.32 Å². The van der Waals surface area contributed by atoms with Crippen molar-refractivity contribution in [2.24, 2.45) is 0 Å².